The van der Waals surface area contributed by atoms with Crippen LogP contribution in [0.3, 0.4) is 0 Å². The van der Waals surface area contributed by atoms with Crippen molar-refractivity contribution in [1.82, 2.24) is 14.8 Å². The van der Waals surface area contributed by atoms with Gasteiger partial charge in [0.2, 0.25) is 0 Å². The number of aromatic nitrogens is 3. The predicted molar refractivity (Wildman–Crippen MR) is 119 cm³/mol. The number of alkyl halides is 5. The van der Waals surface area contributed by atoms with Crippen LogP contribution in [0.2, 0.25) is 0 Å². The number of methoxy groups -OCH3 is 1. The highest BCUT2D eigenvalue weighted by Gasteiger charge is 2.61. The van der Waals surface area contributed by atoms with E-state index in [2.05, 4.69) is 20.1 Å². The maximum Gasteiger partial charge on any atom is 0.499 e. The Hall–Kier alpha value is -4.48. The van der Waals surface area contributed by atoms with Gasteiger partial charge in [0.15, 0.2) is 5.82 Å². The molecule has 0 aliphatic heterocycles. The summed E-state index contributed by atoms with van der Waals surface area (Å²) in [6, 6.07) is 17.9. The van der Waals surface area contributed by atoms with Crippen molar-refractivity contribution in [3.05, 3.63) is 84.7 Å². The lowest BCUT2D eigenvalue weighted by Crippen LogP contribution is -2.41. The quantitative estimate of drug-likeness (QED) is 0.326. The molecule has 0 radical (unpaired) electrons. The van der Waals surface area contributed by atoms with E-state index in [0.29, 0.717) is 34.1 Å². The van der Waals surface area contributed by atoms with E-state index in [-0.39, 0.29) is 5.91 Å². The fourth-order valence-corrected chi connectivity index (χ4v) is 3.06. The molecule has 0 spiro atoms. The van der Waals surface area contributed by atoms with Crippen LogP contribution in [0.4, 0.5) is 27.6 Å². The average Bonchev–Trinajstić information content (AvgIpc) is 3.34. The van der Waals surface area contributed by atoms with Gasteiger partial charge in [-0.3, -0.25) is 4.79 Å². The highest BCUT2D eigenvalue weighted by molar-refractivity contribution is 6.04. The van der Waals surface area contributed by atoms with Crippen molar-refractivity contribution in [1.29, 1.82) is 0 Å². The zero-order valence-corrected chi connectivity index (χ0v) is 18.5. The summed E-state index contributed by atoms with van der Waals surface area (Å²) in [5.41, 5.74) is 1.95. The first-order valence-corrected chi connectivity index (χ1v) is 10.3. The summed E-state index contributed by atoms with van der Waals surface area (Å²) in [7, 11) is 1.51. The molecule has 1 amide bonds. The Bertz CT molecular complexity index is 1350. The van der Waals surface area contributed by atoms with Crippen molar-refractivity contribution in [2.45, 2.75) is 12.3 Å². The number of ether oxygens (including phenoxy) is 2. The molecule has 1 aromatic heterocycles. The van der Waals surface area contributed by atoms with Gasteiger partial charge in [-0.05, 0) is 66.7 Å². The minimum atomic E-state index is -5.83. The van der Waals surface area contributed by atoms with E-state index in [4.69, 9.17) is 4.74 Å². The van der Waals surface area contributed by atoms with Gasteiger partial charge in [0, 0.05) is 16.8 Å². The summed E-state index contributed by atoms with van der Waals surface area (Å²) in [5, 5.41) is 7.06. The van der Waals surface area contributed by atoms with Crippen LogP contribution in [0.5, 0.6) is 11.5 Å². The maximum absolute atomic E-state index is 13.0. The van der Waals surface area contributed by atoms with E-state index < -0.39 is 18.0 Å². The number of hydrogen-bond donors (Lipinski definition) is 1. The van der Waals surface area contributed by atoms with Crippen molar-refractivity contribution < 1.29 is 36.2 Å². The van der Waals surface area contributed by atoms with Crippen molar-refractivity contribution in [2.24, 2.45) is 0 Å². The van der Waals surface area contributed by atoms with Gasteiger partial charge in [0.1, 0.15) is 17.8 Å². The third kappa shape index (κ3) is 5.43. The van der Waals surface area contributed by atoms with Crippen molar-refractivity contribution in [3.63, 3.8) is 0 Å². The molecule has 0 saturated carbocycles. The first kappa shape index (κ1) is 24.6. The molecule has 3 aromatic carbocycles. The molecule has 1 heterocycles. The van der Waals surface area contributed by atoms with Gasteiger partial charge in [0.05, 0.1) is 12.8 Å². The largest absolute Gasteiger partial charge is 0.499 e. The van der Waals surface area contributed by atoms with Crippen LogP contribution in [0, 0.1) is 0 Å². The highest BCUT2D eigenvalue weighted by Crippen LogP contribution is 2.37. The molecule has 1 N–H and O–H groups in total. The second kappa shape index (κ2) is 9.64. The zero-order chi connectivity index (χ0) is 25.9. The molecular weight excluding hydrogens is 487 g/mol. The standard InChI is InChI=1S/C24H17F5N4O3/c1-35-20-4-2-3-16(13-20)22(34)31-17-7-5-15(6-8-17)21-30-14-33(32-21)18-9-11-19(12-10-18)36-24(28,29)23(25,26)27/h2-14H,1H3,(H,31,34). The smallest absolute Gasteiger partial charge is 0.497 e. The highest BCUT2D eigenvalue weighted by atomic mass is 19.4. The van der Waals surface area contributed by atoms with Crippen LogP contribution in [0.15, 0.2) is 79.1 Å². The molecule has 0 bridgehead atoms. The molecule has 0 aliphatic rings. The van der Waals surface area contributed by atoms with Gasteiger partial charge in [-0.2, -0.15) is 22.0 Å². The molecule has 36 heavy (non-hydrogen) atoms. The van der Waals surface area contributed by atoms with Crippen LogP contribution in [-0.2, 0) is 0 Å². The lowest BCUT2D eigenvalue weighted by molar-refractivity contribution is -0.360. The average molecular weight is 504 g/mol. The Kier molecular flexibility index (Phi) is 6.60. The third-order valence-corrected chi connectivity index (χ3v) is 4.90. The normalized spacial score (nSPS) is 11.7. The second-order valence-corrected chi connectivity index (χ2v) is 7.39. The Morgan fingerprint density at radius 3 is 2.25 bits per heavy atom. The summed E-state index contributed by atoms with van der Waals surface area (Å²) in [6.07, 6.45) is -9.79. The Balaban J connectivity index is 1.43. The molecule has 12 heteroatoms. The van der Waals surface area contributed by atoms with Gasteiger partial charge in [-0.25, -0.2) is 9.67 Å². The minimum Gasteiger partial charge on any atom is -0.497 e. The fraction of sp³-hybridized carbons (Fsp3) is 0.125. The maximum atomic E-state index is 13.0. The van der Waals surface area contributed by atoms with Gasteiger partial charge in [0.25, 0.3) is 5.91 Å². The summed E-state index contributed by atoms with van der Waals surface area (Å²) in [5.74, 6) is -0.0943. The van der Waals surface area contributed by atoms with Crippen molar-refractivity contribution in [2.75, 3.05) is 12.4 Å². The number of hydrogen-bond acceptors (Lipinski definition) is 5. The van der Waals surface area contributed by atoms with Crippen LogP contribution in [-0.4, -0.2) is 40.1 Å². The molecule has 0 atom stereocenters. The molecule has 0 aliphatic carbocycles. The monoisotopic (exact) mass is 504 g/mol. The fourth-order valence-electron chi connectivity index (χ4n) is 3.06. The van der Waals surface area contributed by atoms with E-state index in [9.17, 15) is 26.7 Å². The molecule has 7 nitrogen and oxygen atoms in total. The van der Waals surface area contributed by atoms with Gasteiger partial charge < -0.3 is 14.8 Å². The van der Waals surface area contributed by atoms with E-state index >= 15 is 0 Å². The number of nitrogens with zero attached hydrogens (tertiary/aromatic N) is 3. The summed E-state index contributed by atoms with van der Waals surface area (Å²) in [4.78, 5) is 16.6. The second-order valence-electron chi connectivity index (χ2n) is 7.39. The van der Waals surface area contributed by atoms with Crippen LogP contribution >= 0.6 is 0 Å². The summed E-state index contributed by atoms with van der Waals surface area (Å²) < 4.78 is 73.2. The van der Waals surface area contributed by atoms with Crippen LogP contribution < -0.4 is 14.8 Å². The van der Waals surface area contributed by atoms with Gasteiger partial charge in [-0.1, -0.05) is 6.07 Å². The Morgan fingerprint density at radius 1 is 0.917 bits per heavy atom. The molecule has 0 saturated heterocycles. The number of nitrogens with one attached hydrogen (secondary N) is 1. The lowest BCUT2D eigenvalue weighted by Gasteiger charge is -2.20. The SMILES string of the molecule is COc1cccc(C(=O)Nc2ccc(-c3ncn(-c4ccc(OC(F)(F)C(F)(F)F)cc4)n3)cc2)c1. The van der Waals surface area contributed by atoms with Crippen molar-refractivity contribution in [3.8, 4) is 28.6 Å². The predicted octanol–water partition coefficient (Wildman–Crippen LogP) is 5.73. The number of carbonyl (C=O) groups is 1. The topological polar surface area (TPSA) is 78.3 Å². The summed E-state index contributed by atoms with van der Waals surface area (Å²) >= 11 is 0. The summed E-state index contributed by atoms with van der Waals surface area (Å²) in [6.45, 7) is 0. The molecule has 4 aromatic rings. The van der Waals surface area contributed by atoms with Crippen molar-refractivity contribution >= 4 is 11.6 Å². The zero-order valence-electron chi connectivity index (χ0n) is 18.5. The van der Waals surface area contributed by atoms with E-state index in [1.54, 1.807) is 48.5 Å². The molecule has 4 rings (SSSR count). The van der Waals surface area contributed by atoms with E-state index in [1.807, 2.05) is 0 Å². The molecule has 0 fully saturated rings. The Labute approximate surface area is 201 Å². The number of rotatable bonds is 7. The lowest BCUT2D eigenvalue weighted by atomic mass is 10.1. The van der Waals surface area contributed by atoms with Gasteiger partial charge >= 0.3 is 12.3 Å². The van der Waals surface area contributed by atoms with E-state index in [1.165, 1.54) is 30.3 Å². The Morgan fingerprint density at radius 2 is 1.61 bits per heavy atom. The van der Waals surface area contributed by atoms with Crippen LogP contribution in [0.1, 0.15) is 10.4 Å². The molecule has 0 unspecified atom stereocenters. The van der Waals surface area contributed by atoms with Gasteiger partial charge in [-0.15, -0.1) is 5.10 Å². The van der Waals surface area contributed by atoms with E-state index in [0.717, 1.165) is 12.1 Å². The number of halogens is 5. The number of benzene rings is 3. The third-order valence-electron chi connectivity index (χ3n) is 4.90. The molecule has 186 valence electrons. The molecular formula is C24H17F5N4O3. The number of carbonyl (C=O) groups excluding carboxylic acids is 1. The number of anilines is 1. The number of amides is 1. The van der Waals surface area contributed by atoms with Crippen LogP contribution in [0.25, 0.3) is 17.1 Å². The first-order chi connectivity index (χ1) is 17.1. The first-order valence-electron chi connectivity index (χ1n) is 10.3. The minimum absolute atomic E-state index is 0.315.